The minimum Gasteiger partial charge on any atom is 1.00 e. The quantitative estimate of drug-likeness (QED) is 0.0931. The zero-order valence-electron chi connectivity index (χ0n) is 28.0. The number of rotatable bonds is 6. The molecule has 0 saturated heterocycles. The Morgan fingerprint density at radius 2 is 0.667 bits per heavy atom. The first-order chi connectivity index (χ1) is 24.9. The van der Waals surface area contributed by atoms with Crippen LogP contribution in [0.5, 0.6) is 0 Å². The third kappa shape index (κ3) is 17.3. The number of nitriles is 1. The van der Waals surface area contributed by atoms with E-state index in [4.69, 9.17) is 5.26 Å². The number of hydrogen-bond acceptors (Lipinski definition) is 7. The SMILES string of the molecule is CC#N.FC(c1ccccn1)(c1ccccn1)c1ccc2ccc(C(F)(c3ccccn3)c3ccccn3)nc2n1.F[P-](F)(F)(F)(F)F.F[P-](F)(F)(F)(F)F.[Cu+].[Cu+]. The smallest absolute Gasteiger partial charge is 1.00 e. The fraction of sp³-hybridized carbons (Fsp3) is 0.0938. The third-order valence-corrected chi connectivity index (χ3v) is 6.33. The minimum absolute atomic E-state index is 0. The Balaban J connectivity index is 0.000000724. The molecule has 6 rings (SSSR count). The zero-order chi connectivity index (χ0) is 41.5. The van der Waals surface area contributed by atoms with Crippen LogP contribution in [0.3, 0.4) is 0 Å². The molecule has 0 radical (unpaired) electrons. The summed E-state index contributed by atoms with van der Waals surface area (Å²) in [5.74, 6) is 0. The normalized spacial score (nSPS) is 13.8. The Bertz CT molecular complexity index is 2010. The van der Waals surface area contributed by atoms with Gasteiger partial charge in [0.1, 0.15) is 0 Å². The third-order valence-electron chi connectivity index (χ3n) is 6.33. The molecule has 0 atom stereocenters. The van der Waals surface area contributed by atoms with Crippen molar-refractivity contribution in [1.82, 2.24) is 29.9 Å². The van der Waals surface area contributed by atoms with Crippen LogP contribution in [-0.4, -0.2) is 29.9 Å². The number of halogens is 14. The Morgan fingerprint density at radius 3 is 0.860 bits per heavy atom. The van der Waals surface area contributed by atoms with E-state index in [0.29, 0.717) is 5.39 Å². The summed E-state index contributed by atoms with van der Waals surface area (Å²) in [6.07, 6.45) is 6.06. The summed E-state index contributed by atoms with van der Waals surface area (Å²) in [5.41, 5.74) is -3.77. The molecule has 0 amide bonds. The van der Waals surface area contributed by atoms with E-state index in [0.717, 1.165) is 0 Å². The number of alkyl halides is 2. The van der Waals surface area contributed by atoms with E-state index in [1.807, 2.05) is 0 Å². The average Bonchev–Trinajstić information content (AvgIpc) is 3.09. The summed E-state index contributed by atoms with van der Waals surface area (Å²) in [6.45, 7) is 1.43. The number of nitrogens with zero attached hydrogens (tertiary/aromatic N) is 7. The standard InChI is InChI=1S/C30H20F2N6.C2H3N.2Cu.2F6P/c31-29(22-9-1-5-17-33-22,23-10-2-6-18-34-23)26-15-13-21-14-16-27(38-28(21)37-26)30(32,24-11-3-7-19-35-24)25-12-4-8-20-36-25;1-2-3;;;2*1-7(2,3,4,5)6/h1-20H;1H3;;;;/q;;2*+1;2*-1. The van der Waals surface area contributed by atoms with Crippen LogP contribution in [0.2, 0.25) is 0 Å². The van der Waals surface area contributed by atoms with Crippen LogP contribution >= 0.6 is 15.6 Å². The fourth-order valence-corrected chi connectivity index (χ4v) is 4.44. The molecule has 0 unspecified atom stereocenters. The molecular formula is C32H23Cu2F14N7P2. The molecular weight excluding hydrogens is 937 g/mol. The maximum atomic E-state index is 17.1. The predicted molar refractivity (Wildman–Crippen MR) is 177 cm³/mol. The molecule has 7 nitrogen and oxygen atoms in total. The van der Waals surface area contributed by atoms with E-state index in [1.54, 1.807) is 103 Å². The summed E-state index contributed by atoms with van der Waals surface area (Å²) in [7, 11) is -21.3. The first-order valence-electron chi connectivity index (χ1n) is 14.7. The van der Waals surface area contributed by atoms with Crippen molar-refractivity contribution in [3.05, 3.63) is 156 Å². The second kappa shape index (κ2) is 16.8. The van der Waals surface area contributed by atoms with Crippen LogP contribution < -0.4 is 0 Å². The molecule has 316 valence electrons. The van der Waals surface area contributed by atoms with Crippen LogP contribution in [0.25, 0.3) is 11.0 Å². The maximum absolute atomic E-state index is 17.1. The van der Waals surface area contributed by atoms with E-state index in [1.165, 1.54) is 31.7 Å². The van der Waals surface area contributed by atoms with Crippen LogP contribution in [0, 0.1) is 11.3 Å². The van der Waals surface area contributed by atoms with E-state index < -0.39 is 27.0 Å². The van der Waals surface area contributed by atoms with Gasteiger partial charge in [0.2, 0.25) is 11.3 Å². The monoisotopic (exact) mass is 959 g/mol. The number of hydrogen-bond donors (Lipinski definition) is 0. The number of aromatic nitrogens is 6. The first-order valence-corrected chi connectivity index (χ1v) is 18.7. The second-order valence-corrected chi connectivity index (χ2v) is 14.6. The molecule has 0 bridgehead atoms. The van der Waals surface area contributed by atoms with Crippen molar-refractivity contribution in [3.8, 4) is 6.07 Å². The van der Waals surface area contributed by atoms with Gasteiger partial charge in [0, 0.05) is 37.1 Å². The second-order valence-electron chi connectivity index (χ2n) is 10.8. The van der Waals surface area contributed by atoms with E-state index in [9.17, 15) is 50.4 Å². The van der Waals surface area contributed by atoms with Gasteiger partial charge in [0.25, 0.3) is 0 Å². The Labute approximate surface area is 334 Å². The van der Waals surface area contributed by atoms with Crippen LogP contribution in [0.4, 0.5) is 59.1 Å². The van der Waals surface area contributed by atoms with E-state index in [-0.39, 0.29) is 73.9 Å². The van der Waals surface area contributed by atoms with Crippen LogP contribution in [0.15, 0.2) is 122 Å². The van der Waals surface area contributed by atoms with Gasteiger partial charge in [0.15, 0.2) is 5.65 Å². The Kier molecular flexibility index (Phi) is 14.9. The molecule has 0 spiro atoms. The van der Waals surface area contributed by atoms with Crippen LogP contribution in [0.1, 0.15) is 41.1 Å². The van der Waals surface area contributed by atoms with Crippen molar-refractivity contribution >= 4 is 26.7 Å². The van der Waals surface area contributed by atoms with Gasteiger partial charge >= 0.3 is 100 Å². The van der Waals surface area contributed by atoms with Gasteiger partial charge in [-0.3, -0.25) is 19.9 Å². The van der Waals surface area contributed by atoms with Gasteiger partial charge in [-0.25, -0.2) is 18.7 Å². The van der Waals surface area contributed by atoms with Crippen molar-refractivity contribution < 1.29 is 93.3 Å². The summed E-state index contributed by atoms with van der Waals surface area (Å²) in [5, 5.41) is 7.94. The Morgan fingerprint density at radius 1 is 0.439 bits per heavy atom. The molecule has 25 heteroatoms. The number of fused-ring (bicyclic) bond motifs is 1. The molecule has 6 aromatic rings. The molecule has 6 heterocycles. The van der Waals surface area contributed by atoms with Crippen LogP contribution in [-0.2, 0) is 45.5 Å². The minimum atomic E-state index is -10.7. The maximum Gasteiger partial charge on any atom is 1.00 e. The molecule has 0 aromatic carbocycles. The summed E-state index contributed by atoms with van der Waals surface area (Å²) < 4.78 is 153. The molecule has 6 aromatic heterocycles. The molecule has 0 N–H and O–H groups in total. The molecule has 57 heavy (non-hydrogen) atoms. The molecule has 0 saturated carbocycles. The van der Waals surface area contributed by atoms with Gasteiger partial charge < -0.3 is 0 Å². The van der Waals surface area contributed by atoms with Crippen molar-refractivity contribution in [1.29, 1.82) is 5.26 Å². The predicted octanol–water partition coefficient (Wildman–Crippen LogP) is 13.0. The van der Waals surface area contributed by atoms with Crippen molar-refractivity contribution in [2.24, 2.45) is 0 Å². The van der Waals surface area contributed by atoms with Crippen molar-refractivity contribution in [3.63, 3.8) is 0 Å². The summed E-state index contributed by atoms with van der Waals surface area (Å²) in [6, 6.07) is 28.3. The topological polar surface area (TPSA) is 101 Å². The summed E-state index contributed by atoms with van der Waals surface area (Å²) >= 11 is 0. The molecule has 0 aliphatic carbocycles. The van der Waals surface area contributed by atoms with Gasteiger partial charge in [0.05, 0.1) is 40.2 Å². The molecule has 0 aliphatic heterocycles. The van der Waals surface area contributed by atoms with E-state index in [2.05, 4.69) is 29.9 Å². The number of pyridine rings is 6. The molecule has 0 fully saturated rings. The van der Waals surface area contributed by atoms with Gasteiger partial charge in [-0.15, -0.1) is 0 Å². The molecule has 0 aliphatic rings. The van der Waals surface area contributed by atoms with Gasteiger partial charge in [-0.1, -0.05) is 24.3 Å². The van der Waals surface area contributed by atoms with Crippen molar-refractivity contribution in [2.75, 3.05) is 0 Å². The van der Waals surface area contributed by atoms with Gasteiger partial charge in [-0.2, -0.15) is 5.26 Å². The Hall–Kier alpha value is -4.43. The first kappa shape index (κ1) is 50.6. The fourth-order valence-electron chi connectivity index (χ4n) is 4.44. The van der Waals surface area contributed by atoms with Gasteiger partial charge in [-0.05, 0) is 72.8 Å². The average molecular weight is 961 g/mol. The van der Waals surface area contributed by atoms with Crippen molar-refractivity contribution in [2.45, 2.75) is 18.3 Å². The zero-order valence-corrected chi connectivity index (χ0v) is 31.6. The van der Waals surface area contributed by atoms with E-state index >= 15 is 8.78 Å². The summed E-state index contributed by atoms with van der Waals surface area (Å²) in [4.78, 5) is 26.2. The largest absolute Gasteiger partial charge is 1.00 e.